The molecule has 0 aliphatic rings. The molecule has 63 heavy (non-hydrogen) atoms. The predicted molar refractivity (Wildman–Crippen MR) is 265 cm³/mol. The number of hydrogen-bond acceptors (Lipinski definition) is 3. The highest BCUT2D eigenvalue weighted by Crippen LogP contribution is 2.44. The van der Waals surface area contributed by atoms with Gasteiger partial charge in [0.2, 0.25) is 0 Å². The van der Waals surface area contributed by atoms with Crippen molar-refractivity contribution in [3.05, 3.63) is 192 Å². The number of hydrogen-bond donors (Lipinski definition) is 1. The molecule has 0 atom stereocenters. The lowest BCUT2D eigenvalue weighted by molar-refractivity contribution is 0.472. The number of aryl methyl sites for hydroxylation is 3. The lowest BCUT2D eigenvalue weighted by Gasteiger charge is -2.22. The number of pyridine rings is 1. The largest absolute Gasteiger partial charge is 0.507 e. The Morgan fingerprint density at radius 2 is 1.27 bits per heavy atom. The summed E-state index contributed by atoms with van der Waals surface area (Å²) in [4.78, 5) is 10.3. The zero-order valence-corrected chi connectivity index (χ0v) is 37.0. The van der Waals surface area contributed by atoms with E-state index < -0.39 is 25.0 Å². The fourth-order valence-electron chi connectivity index (χ4n) is 8.40. The van der Waals surface area contributed by atoms with Gasteiger partial charge in [0.05, 0.1) is 34.8 Å². The topological polar surface area (TPSA) is 50.9 Å². The van der Waals surface area contributed by atoms with Crippen LogP contribution in [0.1, 0.15) is 80.3 Å². The van der Waals surface area contributed by atoms with E-state index in [2.05, 4.69) is 70.4 Å². The highest BCUT2D eigenvalue weighted by molar-refractivity contribution is 5.98. The minimum Gasteiger partial charge on any atom is -0.507 e. The van der Waals surface area contributed by atoms with Crippen molar-refractivity contribution in [2.24, 2.45) is 0 Å². The van der Waals surface area contributed by atoms with E-state index in [1.165, 1.54) is 0 Å². The van der Waals surface area contributed by atoms with Crippen LogP contribution < -0.4 is 0 Å². The van der Waals surface area contributed by atoms with Gasteiger partial charge in [0.15, 0.2) is 0 Å². The van der Waals surface area contributed by atoms with E-state index in [1.807, 2.05) is 98.8 Å². The molecule has 0 aliphatic heterocycles. The van der Waals surface area contributed by atoms with Gasteiger partial charge in [-0.3, -0.25) is 9.55 Å². The molecule has 0 unspecified atom stereocenters. The first-order chi connectivity index (χ1) is 33.4. The van der Waals surface area contributed by atoms with E-state index in [0.717, 1.165) is 44.5 Å². The maximum absolute atomic E-state index is 12.0. The Bertz CT molecular complexity index is 3540. The zero-order valence-electron chi connectivity index (χ0n) is 45.0. The Labute approximate surface area is 383 Å². The second kappa shape index (κ2) is 16.0. The van der Waals surface area contributed by atoms with E-state index in [0.29, 0.717) is 56.1 Å². The molecule has 7 aromatic carbocycles. The van der Waals surface area contributed by atoms with Gasteiger partial charge >= 0.3 is 0 Å². The number of para-hydroxylation sites is 1. The molecule has 0 saturated carbocycles. The number of phenolic OH excluding ortho intramolecular Hbond substituents is 1. The summed E-state index contributed by atoms with van der Waals surface area (Å²) in [6.45, 7) is 14.2. The van der Waals surface area contributed by atoms with Crippen LogP contribution in [-0.4, -0.2) is 19.6 Å². The molecule has 2 aromatic heterocycles. The van der Waals surface area contributed by atoms with Gasteiger partial charge in [-0.2, -0.15) is 0 Å². The average Bonchev–Trinajstić information content (AvgIpc) is 3.72. The minimum atomic E-state index is -2.47. The fraction of sp³-hybridized carbons (Fsp3) is 0.186. The normalized spacial score (nSPS) is 14.0. The highest BCUT2D eigenvalue weighted by atomic mass is 16.3. The number of fused-ring (bicyclic) bond motifs is 1. The molecule has 9 aromatic rings. The molecular formula is C59H55N3O. The summed E-state index contributed by atoms with van der Waals surface area (Å²) < 4.78 is 70.9. The molecule has 0 spiro atoms. The molecule has 2 heterocycles. The number of nitrogens with zero attached hydrogens (tertiary/aromatic N) is 3. The van der Waals surface area contributed by atoms with Crippen molar-refractivity contribution in [1.29, 1.82) is 0 Å². The van der Waals surface area contributed by atoms with Gasteiger partial charge in [-0.05, 0) is 141 Å². The van der Waals surface area contributed by atoms with Gasteiger partial charge in [-0.15, -0.1) is 0 Å². The van der Waals surface area contributed by atoms with Crippen LogP contribution >= 0.6 is 0 Å². The van der Waals surface area contributed by atoms with Gasteiger partial charge in [-0.1, -0.05) is 151 Å². The molecular weight excluding hydrogens is 767 g/mol. The molecule has 9 rings (SSSR count). The van der Waals surface area contributed by atoms with E-state index in [9.17, 15) is 5.11 Å². The maximum atomic E-state index is 12.0. The summed E-state index contributed by atoms with van der Waals surface area (Å²) >= 11 is 0. The highest BCUT2D eigenvalue weighted by Gasteiger charge is 2.25. The SMILES string of the molecule is [2H]c1c([2H])c([2H])c(-c2ccnc(-c3cc(-c4cccc5c4nc(-c4cc(C)cc(C)c4O)n5-c4cc(-c5ccccc5)c(C([2H])([2H])[2H])cc4-c4ccc(C(C)(C)C)cc4)cc(C(C)(C)C)c3)c2)c([2H])c1[2H]. The maximum Gasteiger partial charge on any atom is 0.149 e. The van der Waals surface area contributed by atoms with E-state index in [1.54, 1.807) is 24.4 Å². The molecule has 0 fully saturated rings. The number of aromatic nitrogens is 3. The summed E-state index contributed by atoms with van der Waals surface area (Å²) in [7, 11) is 0. The first kappa shape index (κ1) is 32.6. The van der Waals surface area contributed by atoms with Crippen LogP contribution in [0, 0.1) is 20.7 Å². The quantitative estimate of drug-likeness (QED) is 0.174. The smallest absolute Gasteiger partial charge is 0.149 e. The molecule has 0 amide bonds. The lowest BCUT2D eigenvalue weighted by Crippen LogP contribution is -2.11. The molecule has 4 heteroatoms. The van der Waals surface area contributed by atoms with Gasteiger partial charge in [0.1, 0.15) is 11.6 Å². The van der Waals surface area contributed by atoms with Crippen LogP contribution in [0.3, 0.4) is 0 Å². The number of imidazole rings is 1. The molecule has 1 N–H and O–H groups in total. The third-order valence-corrected chi connectivity index (χ3v) is 11.8. The Balaban J connectivity index is 1.36. The van der Waals surface area contributed by atoms with E-state index in [-0.39, 0.29) is 39.8 Å². The van der Waals surface area contributed by atoms with Crippen molar-refractivity contribution < 1.29 is 16.1 Å². The van der Waals surface area contributed by atoms with E-state index in [4.69, 9.17) is 20.9 Å². The Morgan fingerprint density at radius 3 is 1.98 bits per heavy atom. The van der Waals surface area contributed by atoms with Crippen LogP contribution in [-0.2, 0) is 10.8 Å². The van der Waals surface area contributed by atoms with Crippen molar-refractivity contribution in [2.45, 2.75) is 73.1 Å². The first-order valence-electron chi connectivity index (χ1n) is 25.3. The summed E-state index contributed by atoms with van der Waals surface area (Å²) in [5.41, 5.74) is 12.2. The number of phenols is 1. The summed E-state index contributed by atoms with van der Waals surface area (Å²) in [6, 6.07) is 39.2. The second-order valence-corrected chi connectivity index (χ2v) is 18.5. The van der Waals surface area contributed by atoms with Gasteiger partial charge in [0, 0.05) is 27.0 Å². The van der Waals surface area contributed by atoms with Crippen molar-refractivity contribution in [3.63, 3.8) is 0 Å². The summed E-state index contributed by atoms with van der Waals surface area (Å²) in [6.07, 6.45) is 1.59. The van der Waals surface area contributed by atoms with Gasteiger partial charge in [-0.25, -0.2) is 4.98 Å². The monoisotopic (exact) mass is 829 g/mol. The van der Waals surface area contributed by atoms with Crippen LogP contribution in [0.25, 0.3) is 83.9 Å². The number of rotatable bonds is 7. The average molecular weight is 830 g/mol. The Morgan fingerprint density at radius 1 is 0.556 bits per heavy atom. The van der Waals surface area contributed by atoms with Crippen molar-refractivity contribution in [1.82, 2.24) is 14.5 Å². The van der Waals surface area contributed by atoms with Crippen molar-refractivity contribution in [2.75, 3.05) is 0 Å². The molecule has 312 valence electrons. The first-order valence-corrected chi connectivity index (χ1v) is 21.3. The number of benzene rings is 7. The Hall–Kier alpha value is -7.04. The standard InChI is InChI=1S/C59H55N3O/c1-37-29-39(3)56(63)51(30-37)57-61-55-48(44-32-45(34-47(33-44)59(7,8)9)52-35-43(27-28-60-52)40-17-12-10-13-18-40)21-16-22-53(55)62(57)54-36-49(41-19-14-11-15-20-41)38(2)31-50(54)42-23-25-46(26-24-42)58(4,5)6/h10-36,63H,1-9H3/i2D3,10D,12D,13D,17D,18D. The van der Waals surface area contributed by atoms with Crippen LogP contribution in [0.2, 0.25) is 0 Å². The van der Waals surface area contributed by atoms with Gasteiger partial charge in [0.25, 0.3) is 0 Å². The molecule has 4 nitrogen and oxygen atoms in total. The van der Waals surface area contributed by atoms with Crippen LogP contribution in [0.15, 0.2) is 164 Å². The van der Waals surface area contributed by atoms with Crippen LogP contribution in [0.4, 0.5) is 0 Å². The summed E-state index contributed by atoms with van der Waals surface area (Å²) in [5, 5.41) is 12.0. The molecule has 0 saturated heterocycles. The predicted octanol–water partition coefficient (Wildman–Crippen LogP) is 15.6. The molecule has 0 radical (unpaired) electrons. The third kappa shape index (κ3) is 7.98. The van der Waals surface area contributed by atoms with Crippen molar-refractivity contribution >= 4 is 11.0 Å². The summed E-state index contributed by atoms with van der Waals surface area (Å²) in [5.74, 6) is 0.541. The van der Waals surface area contributed by atoms with E-state index >= 15 is 0 Å². The zero-order chi connectivity index (χ0) is 51.1. The fourth-order valence-corrected chi connectivity index (χ4v) is 8.40. The lowest BCUT2D eigenvalue weighted by atomic mass is 9.83. The van der Waals surface area contributed by atoms with Crippen molar-refractivity contribution in [3.8, 4) is 78.6 Å². The second-order valence-electron chi connectivity index (χ2n) is 18.5. The Kier molecular flexibility index (Phi) is 8.30. The molecule has 0 bridgehead atoms. The van der Waals surface area contributed by atoms with Gasteiger partial charge < -0.3 is 5.11 Å². The molecule has 0 aliphatic carbocycles. The van der Waals surface area contributed by atoms with Crippen LogP contribution in [0.5, 0.6) is 5.75 Å². The minimum absolute atomic E-state index is 0.0780. The third-order valence-electron chi connectivity index (χ3n) is 11.8. The number of aromatic hydroxyl groups is 1.